The SMILES string of the molecule is OCC1Cc2c([nH]c3ccc(Cl)cc23)CN1. The summed E-state index contributed by atoms with van der Waals surface area (Å²) < 4.78 is 0. The van der Waals surface area contributed by atoms with Crippen LogP contribution in [0.2, 0.25) is 5.02 Å². The smallest absolute Gasteiger partial charge is 0.0588 e. The number of rotatable bonds is 1. The second kappa shape index (κ2) is 3.77. The summed E-state index contributed by atoms with van der Waals surface area (Å²) in [6.45, 7) is 0.958. The molecule has 0 saturated carbocycles. The molecule has 1 aromatic carbocycles. The zero-order chi connectivity index (χ0) is 11.1. The van der Waals surface area contributed by atoms with Crippen molar-refractivity contribution in [2.75, 3.05) is 6.61 Å². The molecule has 1 unspecified atom stereocenters. The first kappa shape index (κ1) is 10.1. The average molecular weight is 237 g/mol. The van der Waals surface area contributed by atoms with Gasteiger partial charge in [0.1, 0.15) is 0 Å². The molecular weight excluding hydrogens is 224 g/mol. The number of halogens is 1. The number of aliphatic hydroxyl groups excluding tert-OH is 1. The number of hydrogen-bond acceptors (Lipinski definition) is 2. The largest absolute Gasteiger partial charge is 0.395 e. The molecule has 0 amide bonds. The van der Waals surface area contributed by atoms with Crippen LogP contribution in [0, 0.1) is 0 Å². The molecule has 0 radical (unpaired) electrons. The lowest BCUT2D eigenvalue weighted by molar-refractivity contribution is 0.235. The number of fused-ring (bicyclic) bond motifs is 3. The van der Waals surface area contributed by atoms with Crippen molar-refractivity contribution in [3.8, 4) is 0 Å². The van der Waals surface area contributed by atoms with Crippen molar-refractivity contribution < 1.29 is 5.11 Å². The molecule has 1 aliphatic heterocycles. The van der Waals surface area contributed by atoms with Crippen molar-refractivity contribution in [2.45, 2.75) is 19.0 Å². The lowest BCUT2D eigenvalue weighted by Gasteiger charge is -2.22. The van der Waals surface area contributed by atoms with E-state index in [0.29, 0.717) is 0 Å². The van der Waals surface area contributed by atoms with Gasteiger partial charge in [0, 0.05) is 34.2 Å². The maximum absolute atomic E-state index is 9.18. The Morgan fingerprint density at radius 2 is 2.31 bits per heavy atom. The first-order chi connectivity index (χ1) is 7.78. The van der Waals surface area contributed by atoms with Crippen molar-refractivity contribution >= 4 is 22.5 Å². The lowest BCUT2D eigenvalue weighted by atomic mass is 9.99. The van der Waals surface area contributed by atoms with Crippen molar-refractivity contribution in [3.05, 3.63) is 34.5 Å². The molecule has 1 aromatic heterocycles. The minimum atomic E-state index is 0.158. The Labute approximate surface area is 98.4 Å². The van der Waals surface area contributed by atoms with Crippen LogP contribution in [0.3, 0.4) is 0 Å². The second-order valence-electron chi connectivity index (χ2n) is 4.24. The van der Waals surface area contributed by atoms with E-state index in [1.165, 1.54) is 16.6 Å². The van der Waals surface area contributed by atoms with Gasteiger partial charge in [0.25, 0.3) is 0 Å². The fraction of sp³-hybridized carbons (Fsp3) is 0.333. The van der Waals surface area contributed by atoms with Gasteiger partial charge in [-0.05, 0) is 30.2 Å². The maximum atomic E-state index is 9.18. The molecule has 1 atom stereocenters. The van der Waals surface area contributed by atoms with Gasteiger partial charge in [0.15, 0.2) is 0 Å². The highest BCUT2D eigenvalue weighted by molar-refractivity contribution is 6.31. The average Bonchev–Trinajstić information content (AvgIpc) is 2.66. The highest BCUT2D eigenvalue weighted by Gasteiger charge is 2.21. The Kier molecular flexibility index (Phi) is 2.39. The number of H-pyrrole nitrogens is 1. The second-order valence-corrected chi connectivity index (χ2v) is 4.67. The molecule has 0 spiro atoms. The quantitative estimate of drug-likeness (QED) is 0.708. The minimum absolute atomic E-state index is 0.158. The summed E-state index contributed by atoms with van der Waals surface area (Å²) in [6, 6.07) is 6.05. The molecule has 16 heavy (non-hydrogen) atoms. The molecule has 0 aliphatic carbocycles. The van der Waals surface area contributed by atoms with Crippen LogP contribution in [-0.4, -0.2) is 22.7 Å². The standard InChI is InChI=1S/C12H13ClN2O/c13-7-1-2-11-9(3-7)10-4-8(6-16)14-5-12(10)15-11/h1-3,8,14-16H,4-6H2. The van der Waals surface area contributed by atoms with Gasteiger partial charge in [-0.2, -0.15) is 0 Å². The van der Waals surface area contributed by atoms with Gasteiger partial charge in [-0.25, -0.2) is 0 Å². The van der Waals surface area contributed by atoms with Crippen molar-refractivity contribution in [2.24, 2.45) is 0 Å². The number of aliphatic hydroxyl groups is 1. The first-order valence-corrected chi connectivity index (χ1v) is 5.79. The van der Waals surface area contributed by atoms with Crippen LogP contribution in [0.15, 0.2) is 18.2 Å². The van der Waals surface area contributed by atoms with E-state index in [4.69, 9.17) is 11.6 Å². The molecule has 0 fully saturated rings. The van der Waals surface area contributed by atoms with Crippen molar-refractivity contribution in [3.63, 3.8) is 0 Å². The van der Waals surface area contributed by atoms with E-state index in [2.05, 4.69) is 10.3 Å². The van der Waals surface area contributed by atoms with E-state index in [0.717, 1.165) is 23.5 Å². The van der Waals surface area contributed by atoms with Crippen LogP contribution in [-0.2, 0) is 13.0 Å². The van der Waals surface area contributed by atoms with Gasteiger partial charge >= 0.3 is 0 Å². The molecule has 1 aliphatic rings. The van der Waals surface area contributed by atoms with Crippen LogP contribution in [0.1, 0.15) is 11.3 Å². The summed E-state index contributed by atoms with van der Waals surface area (Å²) in [5.74, 6) is 0. The van der Waals surface area contributed by atoms with E-state index in [1.54, 1.807) is 0 Å². The third kappa shape index (κ3) is 1.52. The van der Waals surface area contributed by atoms with Gasteiger partial charge in [-0.15, -0.1) is 0 Å². The molecule has 2 heterocycles. The Balaban J connectivity index is 2.15. The Morgan fingerprint density at radius 3 is 3.12 bits per heavy atom. The van der Waals surface area contributed by atoms with E-state index in [-0.39, 0.29) is 12.6 Å². The third-order valence-electron chi connectivity index (χ3n) is 3.19. The van der Waals surface area contributed by atoms with Crippen LogP contribution < -0.4 is 5.32 Å². The Hall–Kier alpha value is -1.03. The normalized spacial score (nSPS) is 20.0. The highest BCUT2D eigenvalue weighted by Crippen LogP contribution is 2.28. The molecular formula is C12H13ClN2O. The summed E-state index contributed by atoms with van der Waals surface area (Å²) in [5, 5.41) is 14.4. The molecule has 0 saturated heterocycles. The highest BCUT2D eigenvalue weighted by atomic mass is 35.5. The number of aromatic amines is 1. The van der Waals surface area contributed by atoms with Crippen molar-refractivity contribution in [1.29, 1.82) is 0 Å². The van der Waals surface area contributed by atoms with Gasteiger partial charge in [0.05, 0.1) is 6.61 Å². The molecule has 3 rings (SSSR count). The van der Waals surface area contributed by atoms with E-state index >= 15 is 0 Å². The van der Waals surface area contributed by atoms with Gasteiger partial charge in [0.2, 0.25) is 0 Å². The molecule has 4 heteroatoms. The predicted octanol–water partition coefficient (Wildman–Crippen LogP) is 1.83. The zero-order valence-corrected chi connectivity index (χ0v) is 9.51. The summed E-state index contributed by atoms with van der Waals surface area (Å²) in [6.07, 6.45) is 0.853. The van der Waals surface area contributed by atoms with Gasteiger partial charge in [-0.1, -0.05) is 11.6 Å². The summed E-state index contributed by atoms with van der Waals surface area (Å²) in [5.41, 5.74) is 3.62. The van der Waals surface area contributed by atoms with Crippen LogP contribution in [0.25, 0.3) is 10.9 Å². The van der Waals surface area contributed by atoms with E-state index in [9.17, 15) is 5.11 Å². The van der Waals surface area contributed by atoms with Gasteiger partial charge < -0.3 is 15.4 Å². The molecule has 3 N–H and O–H groups in total. The molecule has 84 valence electrons. The zero-order valence-electron chi connectivity index (χ0n) is 8.76. The monoisotopic (exact) mass is 236 g/mol. The number of nitrogens with one attached hydrogen (secondary N) is 2. The summed E-state index contributed by atoms with van der Waals surface area (Å²) in [7, 11) is 0. The van der Waals surface area contributed by atoms with Gasteiger partial charge in [-0.3, -0.25) is 0 Å². The Bertz CT molecular complexity index is 535. The van der Waals surface area contributed by atoms with E-state index < -0.39 is 0 Å². The Morgan fingerprint density at radius 1 is 1.44 bits per heavy atom. The maximum Gasteiger partial charge on any atom is 0.0588 e. The lowest BCUT2D eigenvalue weighted by Crippen LogP contribution is -2.37. The predicted molar refractivity (Wildman–Crippen MR) is 64.7 cm³/mol. The first-order valence-electron chi connectivity index (χ1n) is 5.41. The molecule has 0 bridgehead atoms. The number of benzene rings is 1. The van der Waals surface area contributed by atoms with Crippen molar-refractivity contribution in [1.82, 2.24) is 10.3 Å². The molecule has 2 aromatic rings. The fourth-order valence-corrected chi connectivity index (χ4v) is 2.53. The van der Waals surface area contributed by atoms with E-state index in [1.807, 2.05) is 18.2 Å². The van der Waals surface area contributed by atoms with Crippen LogP contribution in [0.4, 0.5) is 0 Å². The third-order valence-corrected chi connectivity index (χ3v) is 3.43. The van der Waals surface area contributed by atoms with Crippen LogP contribution >= 0.6 is 11.6 Å². The summed E-state index contributed by atoms with van der Waals surface area (Å²) >= 11 is 6.01. The minimum Gasteiger partial charge on any atom is -0.395 e. The van der Waals surface area contributed by atoms with Crippen LogP contribution in [0.5, 0.6) is 0 Å². The molecule has 3 nitrogen and oxygen atoms in total. The fourth-order valence-electron chi connectivity index (χ4n) is 2.35. The number of hydrogen-bond donors (Lipinski definition) is 3. The summed E-state index contributed by atoms with van der Waals surface area (Å²) in [4.78, 5) is 3.39. The number of aromatic nitrogens is 1. The topological polar surface area (TPSA) is 48.0 Å².